The number of aliphatic carboxylic acids is 3. The lowest BCUT2D eigenvalue weighted by Crippen LogP contribution is -2.62. The first kappa shape index (κ1) is 50.3. The van der Waals surface area contributed by atoms with Crippen LogP contribution in [-0.4, -0.2) is 158 Å². The fraction of sp³-hybridized carbons (Fsp3) is 0.677. The van der Waals surface area contributed by atoms with Gasteiger partial charge in [-0.3, -0.25) is 43.3 Å². The van der Waals surface area contributed by atoms with Crippen molar-refractivity contribution >= 4 is 59.3 Å². The predicted molar refractivity (Wildman–Crippen MR) is 192 cm³/mol. The topological polar surface area (TPSA) is 438 Å². The van der Waals surface area contributed by atoms with Gasteiger partial charge >= 0.3 is 17.9 Å². The summed E-state index contributed by atoms with van der Waals surface area (Å²) in [7, 11) is 0. The summed E-state index contributed by atoms with van der Waals surface area (Å²) in [5.74, 6) is -11.8. The zero-order chi connectivity index (χ0) is 43.3. The Hall–Kier alpha value is -5.66. The van der Waals surface area contributed by atoms with Gasteiger partial charge in [-0.1, -0.05) is 13.8 Å². The summed E-state index contributed by atoms with van der Waals surface area (Å²) in [4.78, 5) is 116. The first-order valence-corrected chi connectivity index (χ1v) is 17.2. The number of carbonyl (C=O) groups is 9. The SMILES string of the molecule is CC(C)[C@H](N)C(=O)N[C@@H](CO)C(=O)N[C@@H](CCC(=O)O)C(=O)N[C@H](C(=O)N[C@@H](CCC(=O)O)C(=O)N[C@@H](CO)C(=O)N[C@@H](CCCN=C(N)N)C(=O)O)[C@@H](C)O. The van der Waals surface area contributed by atoms with E-state index in [-0.39, 0.29) is 31.3 Å². The third kappa shape index (κ3) is 19.1. The lowest BCUT2D eigenvalue weighted by Gasteiger charge is -2.28. The van der Waals surface area contributed by atoms with Crippen LogP contribution in [0.2, 0.25) is 0 Å². The molecule has 0 aliphatic rings. The maximum absolute atomic E-state index is 13.4. The van der Waals surface area contributed by atoms with Gasteiger partial charge in [0, 0.05) is 19.4 Å². The van der Waals surface area contributed by atoms with Gasteiger partial charge in [0.25, 0.3) is 0 Å². The van der Waals surface area contributed by atoms with Crippen molar-refractivity contribution in [2.75, 3.05) is 19.8 Å². The van der Waals surface area contributed by atoms with Crippen LogP contribution < -0.4 is 49.1 Å². The van der Waals surface area contributed by atoms with E-state index in [1.165, 1.54) is 0 Å². The molecule has 0 aliphatic carbocycles. The Morgan fingerprint density at radius 2 is 0.964 bits per heavy atom. The highest BCUT2D eigenvalue weighted by molar-refractivity contribution is 5.97. The van der Waals surface area contributed by atoms with E-state index < -0.39 is 141 Å². The van der Waals surface area contributed by atoms with Crippen molar-refractivity contribution in [2.24, 2.45) is 28.1 Å². The highest BCUT2D eigenvalue weighted by Gasteiger charge is 2.35. The second-order valence-electron chi connectivity index (χ2n) is 12.8. The van der Waals surface area contributed by atoms with Gasteiger partial charge in [-0.2, -0.15) is 0 Å². The van der Waals surface area contributed by atoms with Gasteiger partial charge in [0.2, 0.25) is 35.4 Å². The summed E-state index contributed by atoms with van der Waals surface area (Å²) in [5, 5.41) is 70.6. The van der Waals surface area contributed by atoms with E-state index in [0.29, 0.717) is 0 Å². The Morgan fingerprint density at radius 3 is 1.36 bits per heavy atom. The van der Waals surface area contributed by atoms with Gasteiger partial charge in [-0.25, -0.2) is 4.79 Å². The van der Waals surface area contributed by atoms with Gasteiger partial charge in [-0.05, 0) is 38.5 Å². The lowest BCUT2D eigenvalue weighted by atomic mass is 10.0. The number of aliphatic imine (C=N–C) groups is 1. The summed E-state index contributed by atoms with van der Waals surface area (Å²) < 4.78 is 0. The number of carboxylic acids is 3. The van der Waals surface area contributed by atoms with Crippen molar-refractivity contribution < 1.29 is 73.8 Å². The van der Waals surface area contributed by atoms with Gasteiger partial charge in [-0.15, -0.1) is 0 Å². The fourth-order valence-corrected chi connectivity index (χ4v) is 4.53. The summed E-state index contributed by atoms with van der Waals surface area (Å²) in [5.41, 5.74) is 16.2. The Balaban J connectivity index is 6.11. The van der Waals surface area contributed by atoms with Gasteiger partial charge in [0.15, 0.2) is 5.96 Å². The standard InChI is InChI=1S/C31H54N10O15/c1-13(2)22(32)28(53)40-19(12-43)26(51)36-16(7-9-21(47)48)25(50)41-23(14(3)44)29(54)37-15(6-8-20(45)46)24(49)39-18(11-42)27(52)38-17(30(55)56)5-4-10-35-31(33)34/h13-19,22-23,42-44H,4-12,32H2,1-3H3,(H,36,51)(H,37,54)(H,38,52)(H,39,49)(H,40,53)(H,41,50)(H,45,46)(H,47,48)(H,55,56)(H4,33,34,35)/t14-,15+,16+,17+,18+,19+,22+,23+/m1/s1. The third-order valence-electron chi connectivity index (χ3n) is 7.83. The van der Waals surface area contributed by atoms with E-state index in [4.69, 9.17) is 17.2 Å². The molecule has 25 heteroatoms. The number of aliphatic hydroxyl groups is 3. The maximum atomic E-state index is 13.4. The molecule has 0 heterocycles. The predicted octanol–water partition coefficient (Wildman–Crippen LogP) is -6.89. The minimum atomic E-state index is -1.95. The monoisotopic (exact) mass is 806 g/mol. The van der Waals surface area contributed by atoms with Crippen LogP contribution in [0.5, 0.6) is 0 Å². The molecule has 0 aromatic heterocycles. The molecule has 318 valence electrons. The van der Waals surface area contributed by atoms with Gasteiger partial charge < -0.3 is 79.7 Å². The number of nitrogens with one attached hydrogen (secondary N) is 6. The molecule has 8 atom stereocenters. The molecule has 0 aromatic carbocycles. The van der Waals surface area contributed by atoms with Crippen LogP contribution in [0.15, 0.2) is 4.99 Å². The van der Waals surface area contributed by atoms with Crippen LogP contribution in [0, 0.1) is 5.92 Å². The van der Waals surface area contributed by atoms with Crippen molar-refractivity contribution in [3.05, 3.63) is 0 Å². The second kappa shape index (κ2) is 25.4. The largest absolute Gasteiger partial charge is 0.481 e. The van der Waals surface area contributed by atoms with E-state index >= 15 is 0 Å². The van der Waals surface area contributed by atoms with E-state index in [1.54, 1.807) is 13.8 Å². The molecule has 0 bridgehead atoms. The molecule has 0 aliphatic heterocycles. The molecular formula is C31H54N10O15. The Bertz CT molecular complexity index is 1420. The summed E-state index contributed by atoms with van der Waals surface area (Å²) in [6.07, 6.45) is -4.49. The summed E-state index contributed by atoms with van der Waals surface area (Å²) in [6.45, 7) is 2.24. The van der Waals surface area contributed by atoms with E-state index in [2.05, 4.69) is 36.9 Å². The number of rotatable bonds is 27. The zero-order valence-corrected chi connectivity index (χ0v) is 31.1. The first-order valence-electron chi connectivity index (χ1n) is 17.2. The Kier molecular flexibility index (Phi) is 22.9. The molecule has 0 saturated heterocycles. The van der Waals surface area contributed by atoms with E-state index in [1.807, 2.05) is 0 Å². The number of amides is 6. The third-order valence-corrected chi connectivity index (χ3v) is 7.83. The fourth-order valence-electron chi connectivity index (χ4n) is 4.53. The second-order valence-corrected chi connectivity index (χ2v) is 12.8. The van der Waals surface area contributed by atoms with E-state index in [9.17, 15) is 73.8 Å². The molecular weight excluding hydrogens is 752 g/mol. The molecule has 6 amide bonds. The van der Waals surface area contributed by atoms with Gasteiger partial charge in [0.05, 0.1) is 25.4 Å². The molecule has 56 heavy (non-hydrogen) atoms. The van der Waals surface area contributed by atoms with E-state index in [0.717, 1.165) is 6.92 Å². The van der Waals surface area contributed by atoms with Crippen molar-refractivity contribution in [1.82, 2.24) is 31.9 Å². The van der Waals surface area contributed by atoms with Crippen LogP contribution in [0.3, 0.4) is 0 Å². The number of guanidine groups is 1. The Morgan fingerprint density at radius 1 is 0.571 bits per heavy atom. The number of aliphatic hydroxyl groups excluding tert-OH is 3. The molecule has 0 radical (unpaired) electrons. The molecule has 0 rings (SSSR count). The maximum Gasteiger partial charge on any atom is 0.326 e. The van der Waals surface area contributed by atoms with Crippen LogP contribution in [0.1, 0.15) is 59.3 Å². The highest BCUT2D eigenvalue weighted by atomic mass is 16.4. The molecule has 18 N–H and O–H groups in total. The smallest absolute Gasteiger partial charge is 0.326 e. The quantitative estimate of drug-likeness (QED) is 0.0208. The zero-order valence-electron chi connectivity index (χ0n) is 31.1. The minimum Gasteiger partial charge on any atom is -0.481 e. The normalized spacial score (nSPS) is 15.2. The number of carboxylic acid groups (broad SMARTS) is 3. The molecule has 0 spiro atoms. The molecule has 0 unspecified atom stereocenters. The summed E-state index contributed by atoms with van der Waals surface area (Å²) in [6, 6.07) is -11.5. The van der Waals surface area contributed by atoms with Gasteiger partial charge in [0.1, 0.15) is 36.3 Å². The Labute approximate surface area is 320 Å². The highest BCUT2D eigenvalue weighted by Crippen LogP contribution is 2.07. The van der Waals surface area contributed by atoms with Crippen LogP contribution in [0.25, 0.3) is 0 Å². The van der Waals surface area contributed by atoms with Crippen molar-refractivity contribution in [2.45, 2.75) is 108 Å². The summed E-state index contributed by atoms with van der Waals surface area (Å²) >= 11 is 0. The molecule has 0 fully saturated rings. The lowest BCUT2D eigenvalue weighted by molar-refractivity contribution is -0.143. The number of nitrogens with zero attached hydrogens (tertiary/aromatic N) is 1. The van der Waals surface area contributed by atoms with Crippen molar-refractivity contribution in [3.63, 3.8) is 0 Å². The van der Waals surface area contributed by atoms with Crippen LogP contribution in [0.4, 0.5) is 0 Å². The molecule has 25 nitrogen and oxygen atoms in total. The van der Waals surface area contributed by atoms with Crippen LogP contribution in [-0.2, 0) is 43.2 Å². The van der Waals surface area contributed by atoms with Crippen molar-refractivity contribution in [1.29, 1.82) is 0 Å². The number of nitrogens with two attached hydrogens (primary N) is 3. The van der Waals surface area contributed by atoms with Crippen LogP contribution >= 0.6 is 0 Å². The average Bonchev–Trinajstić information content (AvgIpc) is 3.11. The molecule has 0 aromatic rings. The van der Waals surface area contributed by atoms with Crippen molar-refractivity contribution in [3.8, 4) is 0 Å². The number of hydrogen-bond acceptors (Lipinski definition) is 14. The molecule has 0 saturated carbocycles. The average molecular weight is 807 g/mol. The number of carbonyl (C=O) groups excluding carboxylic acids is 6. The first-order chi connectivity index (χ1) is 26.0. The number of hydrogen-bond donors (Lipinski definition) is 15. The minimum absolute atomic E-state index is 0.0244.